The van der Waals surface area contributed by atoms with Gasteiger partial charge in [0.05, 0.1) is 0 Å². The fourth-order valence-corrected chi connectivity index (χ4v) is 0.642. The Morgan fingerprint density at radius 1 is 1.62 bits per heavy atom. The molecule has 3 heteroatoms. The average molecular weight is 164 g/mol. The summed E-state index contributed by atoms with van der Waals surface area (Å²) in [6.07, 6.45) is 0. The molecule has 0 aromatic rings. The molecule has 46 valence electrons. The first-order valence-corrected chi connectivity index (χ1v) is 3.51. The quantitative estimate of drug-likeness (QED) is 0.359. The Labute approximate surface area is 65.5 Å². The highest BCUT2D eigenvalue weighted by atomic mass is 32.2. The summed E-state index contributed by atoms with van der Waals surface area (Å²) in [6.45, 7) is 9.43. The van der Waals surface area contributed by atoms with Crippen molar-refractivity contribution in [2.75, 3.05) is 0 Å². The molecule has 0 nitrogen and oxygen atoms in total. The van der Waals surface area contributed by atoms with Gasteiger partial charge in [0, 0.05) is 0 Å². The summed E-state index contributed by atoms with van der Waals surface area (Å²) in [7, 11) is 0. The first-order chi connectivity index (χ1) is 3.77. The Morgan fingerprint density at radius 3 is 2.00 bits per heavy atom. The van der Waals surface area contributed by atoms with Crippen molar-refractivity contribution in [3.05, 3.63) is 25.1 Å². The zero-order valence-corrected chi connectivity index (χ0v) is 6.99. The lowest BCUT2D eigenvalue weighted by Gasteiger charge is -1.78. The first kappa shape index (κ1) is 11.1. The van der Waals surface area contributed by atoms with E-state index in [1.54, 1.807) is 5.41 Å². The molecule has 0 heterocycles. The van der Waals surface area contributed by atoms with Crippen LogP contribution in [0.4, 0.5) is 0 Å². The minimum Gasteiger partial charge on any atom is -0.125 e. The van der Waals surface area contributed by atoms with Crippen molar-refractivity contribution in [1.82, 2.24) is 0 Å². The lowest BCUT2D eigenvalue weighted by molar-refractivity contribution is 2.68. The highest BCUT2D eigenvalue weighted by molar-refractivity contribution is 8.42. The van der Waals surface area contributed by atoms with Gasteiger partial charge in [-0.1, -0.05) is 30.6 Å². The summed E-state index contributed by atoms with van der Waals surface area (Å²) in [5, 5.41) is 1.65. The summed E-state index contributed by atoms with van der Waals surface area (Å²) >= 11 is 9.70. The second kappa shape index (κ2) is 10.3. The Kier molecular flexibility index (Phi) is 14.3. The molecule has 0 saturated heterocycles. The number of thiol groups is 1. The molecular weight excluding hydrogens is 156 g/mol. The first-order valence-electron chi connectivity index (χ1n) is 1.78. The highest BCUT2D eigenvalue weighted by Crippen LogP contribution is 2.05. The van der Waals surface area contributed by atoms with Gasteiger partial charge in [0.2, 0.25) is 0 Å². The minimum atomic E-state index is 0.616. The van der Waals surface area contributed by atoms with E-state index < -0.39 is 0 Å². The van der Waals surface area contributed by atoms with Gasteiger partial charge in [-0.3, -0.25) is 0 Å². The minimum absolute atomic E-state index is 0.616. The van der Waals surface area contributed by atoms with Gasteiger partial charge >= 0.3 is 0 Å². The van der Waals surface area contributed by atoms with Crippen LogP contribution >= 0.6 is 36.6 Å². The van der Waals surface area contributed by atoms with E-state index in [0.717, 1.165) is 0 Å². The van der Waals surface area contributed by atoms with Gasteiger partial charge in [0.15, 0.2) is 0 Å². The number of thioether (sulfide) groups is 1. The van der Waals surface area contributed by atoms with Crippen molar-refractivity contribution in [2.24, 2.45) is 0 Å². The van der Waals surface area contributed by atoms with Crippen LogP contribution in [0.5, 0.6) is 0 Å². The number of rotatable bonds is 1. The summed E-state index contributed by atoms with van der Waals surface area (Å²) in [5.41, 5.74) is 0. The summed E-state index contributed by atoms with van der Waals surface area (Å²) in [4.78, 5) is 0. The second-order valence-electron chi connectivity index (χ2n) is 0.550. The molecule has 0 aromatic heterocycles. The van der Waals surface area contributed by atoms with Gasteiger partial charge < -0.3 is 0 Å². The van der Waals surface area contributed by atoms with E-state index in [-0.39, 0.29) is 0 Å². The van der Waals surface area contributed by atoms with E-state index in [4.69, 9.17) is 0 Å². The van der Waals surface area contributed by atoms with Crippen molar-refractivity contribution >= 4 is 40.1 Å². The molecule has 0 aromatic carbocycles. The van der Waals surface area contributed by atoms with Crippen molar-refractivity contribution in [3.63, 3.8) is 0 Å². The van der Waals surface area contributed by atoms with Gasteiger partial charge in [-0.25, -0.2) is 0 Å². The van der Waals surface area contributed by atoms with Crippen molar-refractivity contribution < 1.29 is 0 Å². The lowest BCUT2D eigenvalue weighted by atomic mass is 11.3. The van der Waals surface area contributed by atoms with Crippen molar-refractivity contribution in [2.45, 2.75) is 0 Å². The summed E-state index contributed by atoms with van der Waals surface area (Å²) in [6, 6.07) is 0. The number of hydrogen-bond acceptors (Lipinski definition) is 2. The zero-order valence-electron chi connectivity index (χ0n) is 4.46. The third-order valence-electron chi connectivity index (χ3n) is 0.184. The van der Waals surface area contributed by atoms with Gasteiger partial charge in [-0.15, -0.1) is 25.8 Å². The molecule has 0 bridgehead atoms. The van der Waals surface area contributed by atoms with E-state index in [1.807, 2.05) is 0 Å². The van der Waals surface area contributed by atoms with Crippen LogP contribution in [-0.2, 0) is 0 Å². The molecule has 0 fully saturated rings. The summed E-state index contributed by atoms with van der Waals surface area (Å²) < 4.78 is 0.616. The smallest absolute Gasteiger partial charge is 0.105 e. The van der Waals surface area contributed by atoms with Gasteiger partial charge in [-0.05, 0) is 5.41 Å². The fourth-order valence-electron chi connectivity index (χ4n) is 0.0713. The van der Waals surface area contributed by atoms with E-state index in [9.17, 15) is 0 Å². The van der Waals surface area contributed by atoms with Crippen LogP contribution < -0.4 is 0 Å². The van der Waals surface area contributed by atoms with E-state index in [0.29, 0.717) is 3.53 Å². The van der Waals surface area contributed by atoms with Gasteiger partial charge in [0.25, 0.3) is 0 Å². The maximum Gasteiger partial charge on any atom is 0.105 e. The van der Waals surface area contributed by atoms with E-state index >= 15 is 0 Å². The van der Waals surface area contributed by atoms with Crippen LogP contribution in [0, 0.1) is 0 Å². The van der Waals surface area contributed by atoms with Crippen LogP contribution in [0.15, 0.2) is 25.1 Å². The van der Waals surface area contributed by atoms with Crippen LogP contribution in [-0.4, -0.2) is 3.53 Å². The van der Waals surface area contributed by atoms with Crippen LogP contribution in [0.25, 0.3) is 0 Å². The van der Waals surface area contributed by atoms with Gasteiger partial charge in [-0.2, -0.15) is 0 Å². The van der Waals surface area contributed by atoms with Crippen molar-refractivity contribution in [1.29, 1.82) is 0 Å². The number of hydrogen-bond donors (Lipinski definition) is 1. The Morgan fingerprint density at radius 2 is 2.00 bits per heavy atom. The Hall–Kier alpha value is 0.270. The molecule has 0 aliphatic heterocycles. The monoisotopic (exact) mass is 164 g/mol. The van der Waals surface area contributed by atoms with Crippen LogP contribution in [0.3, 0.4) is 0 Å². The maximum atomic E-state index is 4.55. The molecule has 0 radical (unpaired) electrons. The third kappa shape index (κ3) is 16.3. The Bertz CT molecular complexity index is 77.7. The lowest BCUT2D eigenvalue weighted by Crippen LogP contribution is -1.59. The molecule has 0 amide bonds. The molecule has 8 heavy (non-hydrogen) atoms. The summed E-state index contributed by atoms with van der Waals surface area (Å²) in [5.74, 6) is 0. The topological polar surface area (TPSA) is 0 Å². The molecule has 0 atom stereocenters. The van der Waals surface area contributed by atoms with Crippen molar-refractivity contribution in [3.8, 4) is 0 Å². The third-order valence-corrected chi connectivity index (χ3v) is 1.16. The Balaban J connectivity index is 0. The van der Waals surface area contributed by atoms with E-state index in [2.05, 4.69) is 44.6 Å². The number of thiocarbonyl (C=S) groups is 1. The predicted molar refractivity (Wildman–Crippen MR) is 50.6 cm³/mol. The maximum absolute atomic E-state index is 4.55. The normalized spacial score (nSPS) is 6.12. The largest absolute Gasteiger partial charge is 0.125 e. The standard InChI is InChI=1S/C3H4S3.C2H4/c1-2-6-3(4)5;1-2/h2H,1H2,(H,4,5);1-2H2. The SMILES string of the molecule is C=C.C=CSC(=S)S. The average Bonchev–Trinajstić information content (AvgIpc) is 1.72. The van der Waals surface area contributed by atoms with E-state index in [1.165, 1.54) is 11.8 Å². The zero-order chi connectivity index (χ0) is 6.99. The highest BCUT2D eigenvalue weighted by Gasteiger charge is 1.76. The molecule has 0 aliphatic rings. The van der Waals surface area contributed by atoms with Crippen LogP contribution in [0.2, 0.25) is 0 Å². The predicted octanol–water partition coefficient (Wildman–Crippen LogP) is 2.88. The molecule has 0 spiro atoms. The molecule has 0 aliphatic carbocycles. The van der Waals surface area contributed by atoms with Crippen LogP contribution in [0.1, 0.15) is 0 Å². The molecular formula is C5H8S3. The molecule has 0 saturated carbocycles. The molecule has 0 rings (SSSR count). The fraction of sp³-hybridized carbons (Fsp3) is 0. The molecule has 0 unspecified atom stereocenters. The molecule has 0 N–H and O–H groups in total. The van der Waals surface area contributed by atoms with Gasteiger partial charge in [0.1, 0.15) is 3.53 Å². The second-order valence-corrected chi connectivity index (χ2v) is 3.25.